The minimum Gasteiger partial charge on any atom is -0.468 e. The van der Waals surface area contributed by atoms with Crippen LogP contribution >= 0.6 is 11.3 Å². The molecule has 0 aliphatic rings. The number of rotatable bonds is 7. The Hall–Kier alpha value is -2.36. The summed E-state index contributed by atoms with van der Waals surface area (Å²) in [5.41, 5.74) is 0.787. The zero-order chi connectivity index (χ0) is 19.0. The fraction of sp³-hybridized carbons (Fsp3) is 0.438. The summed E-state index contributed by atoms with van der Waals surface area (Å²) < 4.78 is 40.9. The Morgan fingerprint density at radius 2 is 1.96 bits per heavy atom. The highest BCUT2D eigenvalue weighted by Gasteiger charge is 2.28. The number of ether oxygens (including phenoxy) is 1. The SMILES string of the molecule is CCc1cnc(CNC(=NC)NCc2ccc(OCC(F)(F)F)nc2)s1. The Kier molecular flexibility index (Phi) is 7.19. The van der Waals surface area contributed by atoms with Crippen LogP contribution in [0.2, 0.25) is 0 Å². The summed E-state index contributed by atoms with van der Waals surface area (Å²) in [5, 5.41) is 7.24. The summed E-state index contributed by atoms with van der Waals surface area (Å²) in [4.78, 5) is 13.5. The molecule has 0 radical (unpaired) electrons. The van der Waals surface area contributed by atoms with Crippen LogP contribution in [0.5, 0.6) is 5.88 Å². The van der Waals surface area contributed by atoms with E-state index in [0.717, 1.165) is 17.0 Å². The summed E-state index contributed by atoms with van der Waals surface area (Å²) in [5.74, 6) is 0.528. The number of aryl methyl sites for hydroxylation is 1. The molecule has 2 rings (SSSR count). The molecule has 0 bridgehead atoms. The lowest BCUT2D eigenvalue weighted by atomic mass is 10.3. The van der Waals surface area contributed by atoms with E-state index < -0.39 is 12.8 Å². The largest absolute Gasteiger partial charge is 0.468 e. The van der Waals surface area contributed by atoms with Gasteiger partial charge in [0.1, 0.15) is 5.01 Å². The zero-order valence-electron chi connectivity index (χ0n) is 14.4. The Bertz CT molecular complexity index is 715. The molecule has 0 atom stereocenters. The maximum absolute atomic E-state index is 12.1. The van der Waals surface area contributed by atoms with Gasteiger partial charge in [0.2, 0.25) is 5.88 Å². The number of guanidine groups is 1. The molecule has 0 aliphatic heterocycles. The van der Waals surface area contributed by atoms with Gasteiger partial charge in [0.15, 0.2) is 12.6 Å². The van der Waals surface area contributed by atoms with Gasteiger partial charge in [-0.3, -0.25) is 4.99 Å². The Labute approximate surface area is 153 Å². The van der Waals surface area contributed by atoms with Gasteiger partial charge in [-0.15, -0.1) is 11.3 Å². The van der Waals surface area contributed by atoms with E-state index >= 15 is 0 Å². The van der Waals surface area contributed by atoms with Crippen molar-refractivity contribution in [3.05, 3.63) is 40.0 Å². The normalized spacial score (nSPS) is 12.1. The predicted molar refractivity (Wildman–Crippen MR) is 94.3 cm³/mol. The number of aliphatic imine (C=N–C) groups is 1. The Morgan fingerprint density at radius 3 is 2.54 bits per heavy atom. The molecule has 0 fully saturated rings. The van der Waals surface area contributed by atoms with E-state index in [2.05, 4.69) is 37.3 Å². The summed E-state index contributed by atoms with van der Waals surface area (Å²) in [6, 6.07) is 3.05. The number of nitrogens with one attached hydrogen (secondary N) is 2. The van der Waals surface area contributed by atoms with E-state index in [1.165, 1.54) is 17.1 Å². The second kappa shape index (κ2) is 9.37. The average molecular weight is 387 g/mol. The van der Waals surface area contributed by atoms with Crippen LogP contribution in [0.4, 0.5) is 13.2 Å². The van der Waals surface area contributed by atoms with E-state index in [1.807, 2.05) is 6.20 Å². The number of hydrogen-bond acceptors (Lipinski definition) is 5. The molecule has 0 saturated heterocycles. The highest BCUT2D eigenvalue weighted by atomic mass is 32.1. The zero-order valence-corrected chi connectivity index (χ0v) is 15.2. The number of aromatic nitrogens is 2. The lowest BCUT2D eigenvalue weighted by Crippen LogP contribution is -2.36. The Morgan fingerprint density at radius 1 is 1.19 bits per heavy atom. The van der Waals surface area contributed by atoms with Gasteiger partial charge in [0.05, 0.1) is 6.54 Å². The van der Waals surface area contributed by atoms with E-state index in [-0.39, 0.29) is 5.88 Å². The molecule has 0 unspecified atom stereocenters. The van der Waals surface area contributed by atoms with Gasteiger partial charge in [-0.05, 0) is 12.0 Å². The van der Waals surface area contributed by atoms with Crippen molar-refractivity contribution in [3.63, 3.8) is 0 Å². The van der Waals surface area contributed by atoms with Gasteiger partial charge in [-0.1, -0.05) is 13.0 Å². The van der Waals surface area contributed by atoms with Crippen LogP contribution in [0.3, 0.4) is 0 Å². The number of pyridine rings is 1. The third kappa shape index (κ3) is 6.87. The fourth-order valence-corrected chi connectivity index (χ4v) is 2.72. The molecule has 2 heterocycles. The summed E-state index contributed by atoms with van der Waals surface area (Å²) >= 11 is 1.65. The van der Waals surface area contributed by atoms with Crippen molar-refractivity contribution in [1.29, 1.82) is 0 Å². The second-order valence-electron chi connectivity index (χ2n) is 5.26. The van der Waals surface area contributed by atoms with Crippen LogP contribution < -0.4 is 15.4 Å². The standard InChI is InChI=1S/C16H20F3N5OS/c1-3-12-8-22-14(26-12)9-24-15(20-2)23-7-11-4-5-13(21-6-11)25-10-16(17,18)19/h4-6,8H,3,7,9-10H2,1-2H3,(H2,20,23,24). The van der Waals surface area contributed by atoms with Crippen molar-refractivity contribution in [3.8, 4) is 5.88 Å². The highest BCUT2D eigenvalue weighted by Crippen LogP contribution is 2.17. The van der Waals surface area contributed by atoms with Crippen molar-refractivity contribution in [2.45, 2.75) is 32.6 Å². The van der Waals surface area contributed by atoms with Crippen LogP contribution in [-0.4, -0.2) is 35.8 Å². The average Bonchev–Trinajstić information content (AvgIpc) is 3.08. The number of thiazole rings is 1. The van der Waals surface area contributed by atoms with Crippen LogP contribution in [0.25, 0.3) is 0 Å². The Balaban J connectivity index is 1.78. The quantitative estimate of drug-likeness (QED) is 0.565. The highest BCUT2D eigenvalue weighted by molar-refractivity contribution is 7.11. The van der Waals surface area contributed by atoms with Crippen LogP contribution in [-0.2, 0) is 19.5 Å². The molecule has 142 valence electrons. The lowest BCUT2D eigenvalue weighted by molar-refractivity contribution is -0.154. The van der Waals surface area contributed by atoms with E-state index in [0.29, 0.717) is 19.0 Å². The monoisotopic (exact) mass is 387 g/mol. The number of alkyl halides is 3. The number of nitrogens with zero attached hydrogens (tertiary/aromatic N) is 3. The lowest BCUT2D eigenvalue weighted by Gasteiger charge is -2.11. The van der Waals surface area contributed by atoms with Crippen molar-refractivity contribution in [2.75, 3.05) is 13.7 Å². The summed E-state index contributed by atoms with van der Waals surface area (Å²) in [7, 11) is 1.65. The first-order valence-electron chi connectivity index (χ1n) is 7.92. The second-order valence-corrected chi connectivity index (χ2v) is 6.46. The van der Waals surface area contributed by atoms with Gasteiger partial charge in [-0.25, -0.2) is 9.97 Å². The van der Waals surface area contributed by atoms with Crippen molar-refractivity contribution in [2.24, 2.45) is 4.99 Å². The van der Waals surface area contributed by atoms with E-state index in [1.54, 1.807) is 24.5 Å². The van der Waals surface area contributed by atoms with Gasteiger partial charge >= 0.3 is 6.18 Å². The van der Waals surface area contributed by atoms with E-state index in [4.69, 9.17) is 0 Å². The summed E-state index contributed by atoms with van der Waals surface area (Å²) in [6.07, 6.45) is -0.0952. The van der Waals surface area contributed by atoms with Gasteiger partial charge in [0, 0.05) is 36.9 Å². The molecule has 26 heavy (non-hydrogen) atoms. The van der Waals surface area contributed by atoms with Crippen LogP contribution in [0.1, 0.15) is 22.4 Å². The molecular formula is C16H20F3N5OS. The maximum atomic E-state index is 12.1. The molecule has 0 aliphatic carbocycles. The van der Waals surface area contributed by atoms with Crippen molar-refractivity contribution >= 4 is 17.3 Å². The molecule has 0 spiro atoms. The fourth-order valence-electron chi connectivity index (χ4n) is 1.92. The van der Waals surface area contributed by atoms with Crippen molar-refractivity contribution in [1.82, 2.24) is 20.6 Å². The predicted octanol–water partition coefficient (Wildman–Crippen LogP) is 2.91. The molecule has 6 nitrogen and oxygen atoms in total. The first kappa shape index (κ1) is 20.0. The number of halogens is 3. The number of hydrogen-bond donors (Lipinski definition) is 2. The molecule has 0 saturated carbocycles. The molecule has 2 N–H and O–H groups in total. The van der Waals surface area contributed by atoms with Crippen molar-refractivity contribution < 1.29 is 17.9 Å². The van der Waals surface area contributed by atoms with Crippen LogP contribution in [0.15, 0.2) is 29.5 Å². The molecule has 10 heteroatoms. The third-order valence-electron chi connectivity index (χ3n) is 3.22. The smallest absolute Gasteiger partial charge is 0.422 e. The molecule has 0 amide bonds. The molecule has 0 aromatic carbocycles. The first-order chi connectivity index (χ1) is 12.4. The van der Waals surface area contributed by atoms with E-state index in [9.17, 15) is 13.2 Å². The van der Waals surface area contributed by atoms with Gasteiger partial charge in [0.25, 0.3) is 0 Å². The van der Waals surface area contributed by atoms with Crippen LogP contribution in [0, 0.1) is 0 Å². The topological polar surface area (TPSA) is 71.4 Å². The molecule has 2 aromatic heterocycles. The van der Waals surface area contributed by atoms with Gasteiger partial charge < -0.3 is 15.4 Å². The van der Waals surface area contributed by atoms with Gasteiger partial charge in [-0.2, -0.15) is 13.2 Å². The third-order valence-corrected chi connectivity index (χ3v) is 4.36. The minimum absolute atomic E-state index is 0.0657. The summed E-state index contributed by atoms with van der Waals surface area (Å²) in [6.45, 7) is 1.71. The minimum atomic E-state index is -4.38. The maximum Gasteiger partial charge on any atom is 0.422 e. The first-order valence-corrected chi connectivity index (χ1v) is 8.74. The molecule has 2 aromatic rings. The molecular weight excluding hydrogens is 367 g/mol.